The molecule has 1 atom stereocenters. The molecule has 2 nitrogen and oxygen atoms in total. The molecular formula is C13H14FNO. The van der Waals surface area contributed by atoms with E-state index in [1.165, 1.54) is 12.1 Å². The van der Waals surface area contributed by atoms with Crippen molar-refractivity contribution in [2.24, 2.45) is 5.73 Å². The first-order valence-corrected chi connectivity index (χ1v) is 5.26. The molecule has 0 aliphatic heterocycles. The summed E-state index contributed by atoms with van der Waals surface area (Å²) >= 11 is 0. The molecule has 0 spiro atoms. The summed E-state index contributed by atoms with van der Waals surface area (Å²) in [5.41, 5.74) is 6.88. The largest absolute Gasteiger partial charge is 0.469 e. The van der Waals surface area contributed by atoms with Crippen molar-refractivity contribution in [3.05, 3.63) is 59.8 Å². The first-order valence-electron chi connectivity index (χ1n) is 5.26. The SMILES string of the molecule is NC(Cc1cccc(F)c1)Cc1ccco1. The van der Waals surface area contributed by atoms with Crippen molar-refractivity contribution in [3.8, 4) is 0 Å². The Labute approximate surface area is 93.9 Å². The summed E-state index contributed by atoms with van der Waals surface area (Å²) in [6.07, 6.45) is 2.95. The highest BCUT2D eigenvalue weighted by Gasteiger charge is 2.07. The van der Waals surface area contributed by atoms with Crippen LogP contribution in [0.2, 0.25) is 0 Å². The molecule has 0 amide bonds. The van der Waals surface area contributed by atoms with E-state index in [-0.39, 0.29) is 11.9 Å². The number of furan rings is 1. The molecule has 1 aromatic carbocycles. The van der Waals surface area contributed by atoms with E-state index in [9.17, 15) is 4.39 Å². The highest BCUT2D eigenvalue weighted by molar-refractivity contribution is 5.17. The number of hydrogen-bond donors (Lipinski definition) is 1. The fourth-order valence-electron chi connectivity index (χ4n) is 1.73. The van der Waals surface area contributed by atoms with E-state index in [0.29, 0.717) is 12.8 Å². The maximum atomic E-state index is 12.9. The van der Waals surface area contributed by atoms with Gasteiger partial charge in [0.15, 0.2) is 0 Å². The topological polar surface area (TPSA) is 39.2 Å². The Kier molecular flexibility index (Phi) is 3.37. The minimum absolute atomic E-state index is 0.0482. The van der Waals surface area contributed by atoms with Crippen molar-refractivity contribution < 1.29 is 8.81 Å². The van der Waals surface area contributed by atoms with Crippen LogP contribution in [0.4, 0.5) is 4.39 Å². The summed E-state index contributed by atoms with van der Waals surface area (Å²) in [7, 11) is 0. The molecule has 2 aromatic rings. The minimum Gasteiger partial charge on any atom is -0.469 e. The van der Waals surface area contributed by atoms with Crippen LogP contribution >= 0.6 is 0 Å². The molecule has 3 heteroatoms. The van der Waals surface area contributed by atoms with Crippen LogP contribution in [0.1, 0.15) is 11.3 Å². The van der Waals surface area contributed by atoms with Crippen molar-refractivity contribution in [2.45, 2.75) is 18.9 Å². The van der Waals surface area contributed by atoms with Gasteiger partial charge in [0.2, 0.25) is 0 Å². The Balaban J connectivity index is 1.94. The first kappa shape index (κ1) is 10.9. The molecule has 2 N–H and O–H groups in total. The summed E-state index contributed by atoms with van der Waals surface area (Å²) in [5, 5.41) is 0. The highest BCUT2D eigenvalue weighted by atomic mass is 19.1. The monoisotopic (exact) mass is 219 g/mol. The average molecular weight is 219 g/mol. The second kappa shape index (κ2) is 4.94. The Hall–Kier alpha value is -1.61. The lowest BCUT2D eigenvalue weighted by Crippen LogP contribution is -2.25. The smallest absolute Gasteiger partial charge is 0.123 e. The zero-order valence-corrected chi connectivity index (χ0v) is 8.90. The zero-order chi connectivity index (χ0) is 11.4. The third-order valence-corrected chi connectivity index (χ3v) is 2.43. The molecular weight excluding hydrogens is 205 g/mol. The van der Waals surface area contributed by atoms with E-state index in [2.05, 4.69) is 0 Å². The van der Waals surface area contributed by atoms with E-state index in [4.69, 9.17) is 10.2 Å². The molecule has 16 heavy (non-hydrogen) atoms. The Morgan fingerprint density at radius 1 is 1.19 bits per heavy atom. The van der Waals surface area contributed by atoms with Gasteiger partial charge in [0, 0.05) is 12.5 Å². The molecule has 0 saturated carbocycles. The van der Waals surface area contributed by atoms with Crippen LogP contribution in [0.25, 0.3) is 0 Å². The van der Waals surface area contributed by atoms with E-state index >= 15 is 0 Å². The van der Waals surface area contributed by atoms with Crippen molar-refractivity contribution in [2.75, 3.05) is 0 Å². The van der Waals surface area contributed by atoms with Crippen molar-refractivity contribution in [3.63, 3.8) is 0 Å². The molecule has 0 bridgehead atoms. The number of nitrogens with two attached hydrogens (primary N) is 1. The molecule has 2 rings (SSSR count). The molecule has 1 unspecified atom stereocenters. The van der Waals surface area contributed by atoms with Gasteiger partial charge in [-0.2, -0.15) is 0 Å². The first-order chi connectivity index (χ1) is 7.74. The van der Waals surface area contributed by atoms with Crippen LogP contribution < -0.4 is 5.73 Å². The molecule has 84 valence electrons. The Bertz CT molecular complexity index is 439. The van der Waals surface area contributed by atoms with Crippen LogP contribution in [0.15, 0.2) is 47.1 Å². The van der Waals surface area contributed by atoms with Gasteiger partial charge < -0.3 is 10.2 Å². The van der Waals surface area contributed by atoms with Gasteiger partial charge in [-0.1, -0.05) is 12.1 Å². The van der Waals surface area contributed by atoms with E-state index in [0.717, 1.165) is 11.3 Å². The van der Waals surface area contributed by atoms with Crippen LogP contribution in [-0.4, -0.2) is 6.04 Å². The van der Waals surface area contributed by atoms with Crippen molar-refractivity contribution >= 4 is 0 Å². The second-order valence-electron chi connectivity index (χ2n) is 3.88. The van der Waals surface area contributed by atoms with Crippen LogP contribution in [0.5, 0.6) is 0 Å². The predicted molar refractivity (Wildman–Crippen MR) is 60.5 cm³/mol. The van der Waals surface area contributed by atoms with Crippen LogP contribution in [-0.2, 0) is 12.8 Å². The summed E-state index contributed by atoms with van der Waals surface area (Å²) in [6.45, 7) is 0. The molecule has 0 fully saturated rings. The lowest BCUT2D eigenvalue weighted by atomic mass is 10.0. The lowest BCUT2D eigenvalue weighted by Gasteiger charge is -2.09. The van der Waals surface area contributed by atoms with Gasteiger partial charge in [0.1, 0.15) is 11.6 Å². The van der Waals surface area contributed by atoms with E-state index in [1.807, 2.05) is 18.2 Å². The third kappa shape index (κ3) is 2.94. The Morgan fingerprint density at radius 3 is 2.75 bits per heavy atom. The Morgan fingerprint density at radius 2 is 2.06 bits per heavy atom. The van der Waals surface area contributed by atoms with Gasteiger partial charge in [-0.15, -0.1) is 0 Å². The maximum Gasteiger partial charge on any atom is 0.123 e. The minimum atomic E-state index is -0.220. The molecule has 0 aliphatic rings. The van der Waals surface area contributed by atoms with Gasteiger partial charge in [-0.25, -0.2) is 4.39 Å². The van der Waals surface area contributed by atoms with E-state index < -0.39 is 0 Å². The quantitative estimate of drug-likeness (QED) is 0.858. The van der Waals surface area contributed by atoms with Gasteiger partial charge >= 0.3 is 0 Å². The zero-order valence-electron chi connectivity index (χ0n) is 8.90. The second-order valence-corrected chi connectivity index (χ2v) is 3.88. The van der Waals surface area contributed by atoms with Gasteiger partial charge in [-0.3, -0.25) is 0 Å². The fraction of sp³-hybridized carbons (Fsp3) is 0.231. The normalized spacial score (nSPS) is 12.6. The highest BCUT2D eigenvalue weighted by Crippen LogP contribution is 2.09. The molecule has 0 radical (unpaired) electrons. The number of hydrogen-bond acceptors (Lipinski definition) is 2. The van der Waals surface area contributed by atoms with Crippen molar-refractivity contribution in [1.82, 2.24) is 0 Å². The summed E-state index contributed by atoms with van der Waals surface area (Å²) in [4.78, 5) is 0. The number of halogens is 1. The third-order valence-electron chi connectivity index (χ3n) is 2.43. The molecule has 1 heterocycles. The summed E-state index contributed by atoms with van der Waals surface area (Å²) in [5.74, 6) is 0.645. The van der Waals surface area contributed by atoms with Gasteiger partial charge in [0.05, 0.1) is 6.26 Å². The number of benzene rings is 1. The summed E-state index contributed by atoms with van der Waals surface area (Å²) in [6, 6.07) is 10.2. The van der Waals surface area contributed by atoms with Gasteiger partial charge in [-0.05, 0) is 36.2 Å². The molecule has 0 saturated heterocycles. The predicted octanol–water partition coefficient (Wildman–Crippen LogP) is 2.53. The average Bonchev–Trinajstić information content (AvgIpc) is 2.70. The van der Waals surface area contributed by atoms with Crippen LogP contribution in [0.3, 0.4) is 0 Å². The lowest BCUT2D eigenvalue weighted by molar-refractivity contribution is 0.482. The fourth-order valence-corrected chi connectivity index (χ4v) is 1.73. The van der Waals surface area contributed by atoms with Crippen LogP contribution in [0, 0.1) is 5.82 Å². The molecule has 0 aliphatic carbocycles. The van der Waals surface area contributed by atoms with E-state index in [1.54, 1.807) is 12.3 Å². The van der Waals surface area contributed by atoms with Gasteiger partial charge in [0.25, 0.3) is 0 Å². The number of rotatable bonds is 4. The summed E-state index contributed by atoms with van der Waals surface area (Å²) < 4.78 is 18.1. The maximum absolute atomic E-state index is 12.9. The standard InChI is InChI=1S/C13H14FNO/c14-11-4-1-3-10(7-11)8-12(15)9-13-5-2-6-16-13/h1-7,12H,8-9,15H2. The molecule has 1 aromatic heterocycles. The van der Waals surface area contributed by atoms with Crippen molar-refractivity contribution in [1.29, 1.82) is 0 Å².